The lowest BCUT2D eigenvalue weighted by Crippen LogP contribution is -2.25. The lowest BCUT2D eigenvalue weighted by molar-refractivity contribution is 0.575. The third kappa shape index (κ3) is 3.21. The van der Waals surface area contributed by atoms with Crippen LogP contribution in [0.15, 0.2) is 18.3 Å². The molecule has 3 rings (SSSR count). The zero-order chi connectivity index (χ0) is 16.4. The van der Waals surface area contributed by atoms with Gasteiger partial charge in [-0.25, -0.2) is 4.98 Å². The molecule has 0 radical (unpaired) electrons. The van der Waals surface area contributed by atoms with Crippen LogP contribution in [0.5, 0.6) is 0 Å². The SMILES string of the molecule is C/C=C(\CC)c1cc(N[C@H]2CC[C@H](NC)C2)n2ncc(Cl)c2n1. The molecule has 1 saturated carbocycles. The van der Waals surface area contributed by atoms with Crippen LogP contribution in [0.3, 0.4) is 0 Å². The number of halogens is 1. The Morgan fingerprint density at radius 1 is 1.43 bits per heavy atom. The van der Waals surface area contributed by atoms with Gasteiger partial charge in [-0.2, -0.15) is 9.61 Å². The maximum atomic E-state index is 6.27. The number of rotatable bonds is 5. The first kappa shape index (κ1) is 16.3. The fourth-order valence-electron chi connectivity index (χ4n) is 3.32. The Morgan fingerprint density at radius 2 is 2.22 bits per heavy atom. The lowest BCUT2D eigenvalue weighted by Gasteiger charge is -2.17. The van der Waals surface area contributed by atoms with E-state index < -0.39 is 0 Å². The molecule has 23 heavy (non-hydrogen) atoms. The van der Waals surface area contributed by atoms with E-state index in [0.29, 0.717) is 22.8 Å². The van der Waals surface area contributed by atoms with Crippen LogP contribution < -0.4 is 10.6 Å². The van der Waals surface area contributed by atoms with Gasteiger partial charge in [-0.3, -0.25) is 0 Å². The largest absolute Gasteiger partial charge is 0.367 e. The zero-order valence-corrected chi connectivity index (χ0v) is 14.7. The molecule has 0 spiro atoms. The summed E-state index contributed by atoms with van der Waals surface area (Å²) >= 11 is 6.27. The number of hydrogen-bond acceptors (Lipinski definition) is 4. The molecule has 1 aliphatic carbocycles. The Morgan fingerprint density at radius 3 is 2.87 bits per heavy atom. The standard InChI is InChI=1S/C17H24ClN5/c1-4-11(5-2)15-9-16(21-13-7-6-12(8-13)19-3)23-17(22-15)14(18)10-20-23/h4,9-10,12-13,19,21H,5-8H2,1-3H3/b11-4+/t12-,13-/m0/s1. The molecule has 0 saturated heterocycles. The molecule has 2 aromatic heterocycles. The van der Waals surface area contributed by atoms with Gasteiger partial charge in [0.25, 0.3) is 0 Å². The molecule has 6 heteroatoms. The van der Waals surface area contributed by atoms with Gasteiger partial charge < -0.3 is 10.6 Å². The van der Waals surface area contributed by atoms with Crippen molar-refractivity contribution in [3.8, 4) is 0 Å². The van der Waals surface area contributed by atoms with Crippen LogP contribution in [-0.4, -0.2) is 33.7 Å². The lowest BCUT2D eigenvalue weighted by atomic mass is 10.1. The summed E-state index contributed by atoms with van der Waals surface area (Å²) in [7, 11) is 2.03. The number of nitrogens with zero attached hydrogens (tertiary/aromatic N) is 3. The van der Waals surface area contributed by atoms with Crippen molar-refractivity contribution in [3.05, 3.63) is 29.1 Å². The van der Waals surface area contributed by atoms with Crippen molar-refractivity contribution in [1.82, 2.24) is 19.9 Å². The molecule has 2 atom stereocenters. The highest BCUT2D eigenvalue weighted by molar-refractivity contribution is 6.33. The van der Waals surface area contributed by atoms with Gasteiger partial charge in [0.15, 0.2) is 5.65 Å². The van der Waals surface area contributed by atoms with E-state index in [9.17, 15) is 0 Å². The Hall–Kier alpha value is -1.59. The number of nitrogens with one attached hydrogen (secondary N) is 2. The van der Waals surface area contributed by atoms with Crippen molar-refractivity contribution in [3.63, 3.8) is 0 Å². The Kier molecular flexibility index (Phi) is 4.87. The molecule has 2 aromatic rings. The first-order valence-corrected chi connectivity index (χ1v) is 8.67. The molecule has 2 N–H and O–H groups in total. The molecule has 5 nitrogen and oxygen atoms in total. The zero-order valence-electron chi connectivity index (χ0n) is 13.9. The van der Waals surface area contributed by atoms with Crippen molar-refractivity contribution in [1.29, 1.82) is 0 Å². The minimum absolute atomic E-state index is 0.449. The summed E-state index contributed by atoms with van der Waals surface area (Å²) < 4.78 is 1.81. The number of fused-ring (bicyclic) bond motifs is 1. The van der Waals surface area contributed by atoms with Gasteiger partial charge in [-0.15, -0.1) is 0 Å². The van der Waals surface area contributed by atoms with Crippen molar-refractivity contribution in [2.45, 2.75) is 51.6 Å². The van der Waals surface area contributed by atoms with Gasteiger partial charge in [0, 0.05) is 18.2 Å². The molecule has 124 valence electrons. The Bertz CT molecular complexity index is 721. The average molecular weight is 334 g/mol. The molecule has 0 amide bonds. The summed E-state index contributed by atoms with van der Waals surface area (Å²) in [6.45, 7) is 4.19. The van der Waals surface area contributed by atoms with E-state index in [1.807, 2.05) is 18.5 Å². The maximum absolute atomic E-state index is 6.27. The quantitative estimate of drug-likeness (QED) is 0.875. The Balaban J connectivity index is 1.98. The Labute approximate surface area is 142 Å². The van der Waals surface area contributed by atoms with Gasteiger partial charge >= 0.3 is 0 Å². The summed E-state index contributed by atoms with van der Waals surface area (Å²) in [6, 6.07) is 3.12. The third-order valence-corrected chi connectivity index (χ3v) is 4.95. The van der Waals surface area contributed by atoms with E-state index in [4.69, 9.17) is 16.6 Å². The highest BCUT2D eigenvalue weighted by atomic mass is 35.5. The molecule has 0 aromatic carbocycles. The van der Waals surface area contributed by atoms with Crippen LogP contribution in [0.2, 0.25) is 5.02 Å². The third-order valence-electron chi connectivity index (χ3n) is 4.68. The van der Waals surface area contributed by atoms with Gasteiger partial charge in [-0.1, -0.05) is 24.6 Å². The summed E-state index contributed by atoms with van der Waals surface area (Å²) in [5, 5.41) is 12.0. The summed E-state index contributed by atoms with van der Waals surface area (Å²) in [4.78, 5) is 4.69. The number of anilines is 1. The van der Waals surface area contributed by atoms with E-state index in [2.05, 4.69) is 34.8 Å². The van der Waals surface area contributed by atoms with Crippen LogP contribution in [0, 0.1) is 0 Å². The molecule has 1 fully saturated rings. The van der Waals surface area contributed by atoms with Crippen LogP contribution >= 0.6 is 11.6 Å². The van der Waals surface area contributed by atoms with Crippen LogP contribution in [0.25, 0.3) is 11.2 Å². The second-order valence-corrected chi connectivity index (χ2v) is 6.47. The molecule has 0 bridgehead atoms. The fraction of sp³-hybridized carbons (Fsp3) is 0.529. The van der Waals surface area contributed by atoms with Gasteiger partial charge in [0.05, 0.1) is 11.9 Å². The molecular formula is C17H24ClN5. The summed E-state index contributed by atoms with van der Waals surface area (Å²) in [5.74, 6) is 0.964. The van der Waals surface area contributed by atoms with Crippen LogP contribution in [-0.2, 0) is 0 Å². The van der Waals surface area contributed by atoms with E-state index in [1.165, 1.54) is 12.0 Å². The van der Waals surface area contributed by atoms with Gasteiger partial charge in [-0.05, 0) is 45.2 Å². The molecular weight excluding hydrogens is 310 g/mol. The summed E-state index contributed by atoms with van der Waals surface area (Å²) in [6.07, 6.45) is 8.18. The average Bonchev–Trinajstić information content (AvgIpc) is 3.16. The van der Waals surface area contributed by atoms with Crippen LogP contribution in [0.4, 0.5) is 5.82 Å². The first-order valence-electron chi connectivity index (χ1n) is 8.29. The minimum Gasteiger partial charge on any atom is -0.367 e. The molecule has 2 heterocycles. The number of hydrogen-bond donors (Lipinski definition) is 2. The fourth-order valence-corrected chi connectivity index (χ4v) is 3.49. The van der Waals surface area contributed by atoms with Gasteiger partial charge in [0.2, 0.25) is 0 Å². The topological polar surface area (TPSA) is 54.2 Å². The monoisotopic (exact) mass is 333 g/mol. The molecule has 0 unspecified atom stereocenters. The van der Waals surface area contributed by atoms with E-state index >= 15 is 0 Å². The van der Waals surface area contributed by atoms with E-state index in [0.717, 1.165) is 30.8 Å². The normalized spacial score (nSPS) is 22.0. The van der Waals surface area contributed by atoms with Crippen molar-refractivity contribution < 1.29 is 0 Å². The molecule has 1 aliphatic rings. The maximum Gasteiger partial charge on any atom is 0.176 e. The highest BCUT2D eigenvalue weighted by Gasteiger charge is 2.24. The molecule has 0 aliphatic heterocycles. The van der Waals surface area contributed by atoms with Crippen LogP contribution in [0.1, 0.15) is 45.2 Å². The number of aromatic nitrogens is 3. The van der Waals surface area contributed by atoms with Crippen molar-refractivity contribution in [2.75, 3.05) is 12.4 Å². The van der Waals surface area contributed by atoms with E-state index in [1.54, 1.807) is 6.20 Å². The first-order chi connectivity index (χ1) is 11.2. The minimum atomic E-state index is 0.449. The second-order valence-electron chi connectivity index (χ2n) is 6.06. The van der Waals surface area contributed by atoms with Gasteiger partial charge in [0.1, 0.15) is 10.8 Å². The predicted molar refractivity (Wildman–Crippen MR) is 96.0 cm³/mol. The number of allylic oxidation sites excluding steroid dienone is 2. The highest BCUT2D eigenvalue weighted by Crippen LogP contribution is 2.27. The van der Waals surface area contributed by atoms with Crippen molar-refractivity contribution in [2.24, 2.45) is 0 Å². The second kappa shape index (κ2) is 6.89. The summed E-state index contributed by atoms with van der Waals surface area (Å²) in [5.41, 5.74) is 2.89. The van der Waals surface area contributed by atoms with Crippen molar-refractivity contribution >= 4 is 28.6 Å². The van der Waals surface area contributed by atoms with E-state index in [-0.39, 0.29) is 0 Å². The smallest absolute Gasteiger partial charge is 0.176 e. The predicted octanol–water partition coefficient (Wildman–Crippen LogP) is 3.75.